The number of carbonyl (C=O) groups is 2. The normalized spacial score (nSPS) is 11.1. The quantitative estimate of drug-likeness (QED) is 0.0177. The highest BCUT2D eigenvalue weighted by molar-refractivity contribution is 7.15. The number of nitrogens with one attached hydrogen (secondary N) is 1. The first-order chi connectivity index (χ1) is 22.8. The van der Waals surface area contributed by atoms with Crippen molar-refractivity contribution in [3.63, 3.8) is 0 Å². The zero-order valence-corrected chi connectivity index (χ0v) is 27.7. The topological polar surface area (TPSA) is 108 Å². The highest BCUT2D eigenvalue weighted by atomic mass is 32.1. The fraction of sp³-hybridized carbons (Fsp3) is 0.243. The number of benzene rings is 3. The first kappa shape index (κ1) is 34.6. The average molecular weight is 654 g/mol. The van der Waals surface area contributed by atoms with E-state index in [-0.39, 0.29) is 0 Å². The Kier molecular flexibility index (Phi) is 12.9. The highest BCUT2D eigenvalue weighted by Crippen LogP contribution is 2.32. The summed E-state index contributed by atoms with van der Waals surface area (Å²) in [4.78, 5) is 29.8. The van der Waals surface area contributed by atoms with Crippen LogP contribution in [0.15, 0.2) is 90.8 Å². The molecule has 0 fully saturated rings. The van der Waals surface area contributed by atoms with Gasteiger partial charge in [0.2, 0.25) is 5.13 Å². The number of hydrogen-bond donors (Lipinski definition) is 1. The van der Waals surface area contributed by atoms with Crippen molar-refractivity contribution in [2.24, 2.45) is 5.10 Å². The molecule has 0 bridgehead atoms. The smallest absolute Gasteiger partial charge is 0.343 e. The Morgan fingerprint density at radius 2 is 1.72 bits per heavy atom. The van der Waals surface area contributed by atoms with E-state index in [2.05, 4.69) is 28.7 Å². The number of hydrazone groups is 1. The van der Waals surface area contributed by atoms with E-state index in [4.69, 9.17) is 18.9 Å². The van der Waals surface area contributed by atoms with E-state index in [1.54, 1.807) is 43.7 Å². The Hall–Kier alpha value is -5.22. The molecule has 47 heavy (non-hydrogen) atoms. The van der Waals surface area contributed by atoms with Crippen LogP contribution in [0.1, 0.15) is 57.7 Å². The maximum Gasteiger partial charge on any atom is 0.343 e. The minimum absolute atomic E-state index is 0.396. The summed E-state index contributed by atoms with van der Waals surface area (Å²) in [5.41, 5.74) is 6.02. The second-order valence-electron chi connectivity index (χ2n) is 10.5. The fourth-order valence-corrected chi connectivity index (χ4v) is 5.31. The number of nitrogens with zero attached hydrogens (tertiary/aromatic N) is 2. The number of anilines is 1. The summed E-state index contributed by atoms with van der Waals surface area (Å²) >= 11 is 1.48. The molecule has 3 aromatic carbocycles. The molecule has 4 aromatic rings. The van der Waals surface area contributed by atoms with Crippen LogP contribution in [0.3, 0.4) is 0 Å². The van der Waals surface area contributed by atoms with E-state index >= 15 is 0 Å². The predicted molar refractivity (Wildman–Crippen MR) is 188 cm³/mol. The van der Waals surface area contributed by atoms with Gasteiger partial charge in [0.15, 0.2) is 0 Å². The maximum absolute atomic E-state index is 13.2. The molecule has 0 atom stereocenters. The maximum atomic E-state index is 13.2. The molecule has 9 nitrogen and oxygen atoms in total. The fourth-order valence-electron chi connectivity index (χ4n) is 4.56. The van der Waals surface area contributed by atoms with Crippen LogP contribution in [0.25, 0.3) is 16.8 Å². The first-order valence-electron chi connectivity index (χ1n) is 15.2. The number of carbonyl (C=O) groups excluding carboxylic acids is 2. The molecule has 4 rings (SSSR count). The Bertz CT molecular complexity index is 1770. The van der Waals surface area contributed by atoms with E-state index in [0.29, 0.717) is 41.2 Å². The standard InChI is InChI=1S/C37H39N3O6S/c1-6-35(41)45-22-12-8-7-11-21-44-30-18-16-28(17-19-30)36(42)46-34-23-29(26(3)31-13-9-10-14-32(31)34)24-38-40-37-39-33(27(4)47-37)20-15-25(2)43-5/h6,9-10,13-20,23-24H,1-2,7-8,11-12,21-22H2,3-5H3,(H,39,40)/b20-15-,38-24+. The number of rotatable bonds is 17. The lowest BCUT2D eigenvalue weighted by atomic mass is 9.99. The van der Waals surface area contributed by atoms with Gasteiger partial charge in [0.1, 0.15) is 17.3 Å². The van der Waals surface area contributed by atoms with Crippen LogP contribution >= 0.6 is 11.3 Å². The molecule has 0 aliphatic heterocycles. The molecule has 1 heterocycles. The van der Waals surface area contributed by atoms with Crippen LogP contribution in [0.2, 0.25) is 0 Å². The first-order valence-corrected chi connectivity index (χ1v) is 16.0. The highest BCUT2D eigenvalue weighted by Gasteiger charge is 2.15. The summed E-state index contributed by atoms with van der Waals surface area (Å²) in [6.45, 7) is 12.1. The minimum Gasteiger partial charge on any atom is -0.497 e. The summed E-state index contributed by atoms with van der Waals surface area (Å²) in [7, 11) is 1.57. The molecule has 1 aromatic heterocycles. The Balaban J connectivity index is 1.36. The summed E-state index contributed by atoms with van der Waals surface area (Å²) in [6, 6.07) is 16.5. The average Bonchev–Trinajstić information content (AvgIpc) is 3.45. The SMILES string of the molecule is C=CC(=O)OCCCCCCOc1ccc(C(=O)Oc2cc(/C=N/Nc3nc(/C=C\C(=C)OC)c(C)s3)c(C)c3ccccc23)cc1. The molecule has 0 amide bonds. The number of hydrogen-bond acceptors (Lipinski definition) is 10. The molecular weight excluding hydrogens is 614 g/mol. The van der Waals surface area contributed by atoms with Crippen molar-refractivity contribution in [2.75, 3.05) is 25.7 Å². The second kappa shape index (κ2) is 17.5. The van der Waals surface area contributed by atoms with E-state index in [1.807, 2.05) is 50.3 Å². The number of aryl methyl sites for hydroxylation is 2. The summed E-state index contributed by atoms with van der Waals surface area (Å²) in [5.74, 6) is 0.785. The second-order valence-corrected chi connectivity index (χ2v) is 11.7. The van der Waals surface area contributed by atoms with Crippen LogP contribution in [0.5, 0.6) is 11.5 Å². The number of aromatic nitrogens is 1. The van der Waals surface area contributed by atoms with Crippen LogP contribution in [0.4, 0.5) is 5.13 Å². The summed E-state index contributed by atoms with van der Waals surface area (Å²) < 4.78 is 21.8. The number of unbranched alkanes of at least 4 members (excludes halogenated alkanes) is 3. The van der Waals surface area contributed by atoms with Gasteiger partial charge in [-0.3, -0.25) is 5.43 Å². The number of ether oxygens (including phenoxy) is 4. The minimum atomic E-state index is -0.473. The molecule has 0 saturated heterocycles. The van der Waals surface area contributed by atoms with Crippen molar-refractivity contribution in [1.82, 2.24) is 4.98 Å². The van der Waals surface area contributed by atoms with Gasteiger partial charge >= 0.3 is 11.9 Å². The molecule has 0 saturated carbocycles. The Labute approximate surface area is 279 Å². The zero-order chi connectivity index (χ0) is 33.6. The van der Waals surface area contributed by atoms with E-state index in [1.165, 1.54) is 17.4 Å². The van der Waals surface area contributed by atoms with Gasteiger partial charge in [0, 0.05) is 21.9 Å². The summed E-state index contributed by atoms with van der Waals surface area (Å²) in [5, 5.41) is 6.85. The van der Waals surface area contributed by atoms with Crippen LogP contribution < -0.4 is 14.9 Å². The van der Waals surface area contributed by atoms with Crippen molar-refractivity contribution < 1.29 is 28.5 Å². The monoisotopic (exact) mass is 653 g/mol. The summed E-state index contributed by atoms with van der Waals surface area (Å²) in [6.07, 6.45) is 10.0. The van der Waals surface area contributed by atoms with Crippen molar-refractivity contribution in [3.8, 4) is 11.5 Å². The molecule has 0 unspecified atom stereocenters. The lowest BCUT2D eigenvalue weighted by Gasteiger charge is -2.13. The third kappa shape index (κ3) is 10.1. The third-order valence-corrected chi connectivity index (χ3v) is 8.10. The Morgan fingerprint density at radius 3 is 2.45 bits per heavy atom. The van der Waals surface area contributed by atoms with Gasteiger partial charge in [0.05, 0.1) is 37.8 Å². The van der Waals surface area contributed by atoms with Crippen LogP contribution in [0, 0.1) is 13.8 Å². The lowest BCUT2D eigenvalue weighted by Crippen LogP contribution is -2.09. The number of methoxy groups -OCH3 is 1. The molecule has 0 aliphatic carbocycles. The van der Waals surface area contributed by atoms with Crippen molar-refractivity contribution in [2.45, 2.75) is 39.5 Å². The molecule has 244 valence electrons. The van der Waals surface area contributed by atoms with E-state index < -0.39 is 11.9 Å². The number of thiazole rings is 1. The number of esters is 2. The van der Waals surface area contributed by atoms with E-state index in [0.717, 1.165) is 58.2 Å². The lowest BCUT2D eigenvalue weighted by molar-refractivity contribution is -0.137. The largest absolute Gasteiger partial charge is 0.497 e. The van der Waals surface area contributed by atoms with E-state index in [9.17, 15) is 9.59 Å². The van der Waals surface area contributed by atoms with Crippen molar-refractivity contribution in [1.29, 1.82) is 0 Å². The van der Waals surface area contributed by atoms with Crippen molar-refractivity contribution >= 4 is 51.5 Å². The molecule has 10 heteroatoms. The number of fused-ring (bicyclic) bond motifs is 1. The predicted octanol–water partition coefficient (Wildman–Crippen LogP) is 8.42. The van der Waals surface area contributed by atoms with Gasteiger partial charge in [-0.15, -0.1) is 11.3 Å². The van der Waals surface area contributed by atoms with Gasteiger partial charge < -0.3 is 18.9 Å². The molecule has 0 radical (unpaired) electrons. The van der Waals surface area contributed by atoms with Gasteiger partial charge in [0.25, 0.3) is 0 Å². The zero-order valence-electron chi connectivity index (χ0n) is 26.9. The number of allylic oxidation sites excluding steroid dienone is 1. The van der Waals surface area contributed by atoms with Gasteiger partial charge in [-0.1, -0.05) is 37.4 Å². The van der Waals surface area contributed by atoms with Gasteiger partial charge in [-0.25, -0.2) is 14.6 Å². The van der Waals surface area contributed by atoms with Crippen LogP contribution in [-0.2, 0) is 14.3 Å². The molecule has 1 N–H and O–H groups in total. The third-order valence-electron chi connectivity index (χ3n) is 7.21. The Morgan fingerprint density at radius 1 is 1.00 bits per heavy atom. The molecule has 0 spiro atoms. The molecule has 0 aliphatic rings. The van der Waals surface area contributed by atoms with Crippen molar-refractivity contribution in [3.05, 3.63) is 113 Å². The van der Waals surface area contributed by atoms with Gasteiger partial charge in [-0.2, -0.15) is 5.10 Å². The molecular formula is C37H39N3O6S. The van der Waals surface area contributed by atoms with Gasteiger partial charge in [-0.05, 0) is 93.0 Å². The van der Waals surface area contributed by atoms with Crippen LogP contribution in [-0.4, -0.2) is 43.5 Å².